The number of rotatable bonds is 2. The second-order valence-electron chi connectivity index (χ2n) is 7.55. The van der Waals surface area contributed by atoms with Gasteiger partial charge >= 0.3 is 0 Å². The van der Waals surface area contributed by atoms with Crippen molar-refractivity contribution in [1.29, 1.82) is 0 Å². The molecule has 6 heteroatoms. The summed E-state index contributed by atoms with van der Waals surface area (Å²) in [6.07, 6.45) is 7.72. The zero-order valence-corrected chi connectivity index (χ0v) is 16.0. The summed E-state index contributed by atoms with van der Waals surface area (Å²) in [6.45, 7) is 3.43. The molecule has 1 aliphatic heterocycles. The molecule has 0 aliphatic carbocycles. The van der Waals surface area contributed by atoms with Gasteiger partial charge in [-0.25, -0.2) is 0 Å². The summed E-state index contributed by atoms with van der Waals surface area (Å²) in [5.74, 6) is 0.0455. The van der Waals surface area contributed by atoms with Crippen LogP contribution in [0.25, 0.3) is 0 Å². The SMILES string of the molecule is C[C@@H]1CCCCCCCCC(=O)N(C)[C@@H](C)C(=O)N[C@H]([C@H](O)CO)C1. The van der Waals surface area contributed by atoms with E-state index in [0.717, 1.165) is 32.1 Å². The van der Waals surface area contributed by atoms with E-state index in [9.17, 15) is 19.8 Å². The molecular formula is C19H36N2O4. The molecule has 2 amide bonds. The van der Waals surface area contributed by atoms with Gasteiger partial charge < -0.3 is 20.4 Å². The maximum absolute atomic E-state index is 12.5. The van der Waals surface area contributed by atoms with E-state index in [1.807, 2.05) is 0 Å². The summed E-state index contributed by atoms with van der Waals surface area (Å²) in [7, 11) is 1.65. The van der Waals surface area contributed by atoms with Crippen LogP contribution in [0.3, 0.4) is 0 Å². The molecule has 25 heavy (non-hydrogen) atoms. The van der Waals surface area contributed by atoms with Gasteiger partial charge in [-0.3, -0.25) is 9.59 Å². The standard InChI is InChI=1S/C19H36N2O4/c1-14-10-8-6-4-5-7-9-11-18(24)21(3)15(2)19(25)20-16(12-14)17(23)13-22/h14-17,22-23H,4-13H2,1-3H3,(H,20,25)/t14-,15+,16+,17-/m1/s1. The van der Waals surface area contributed by atoms with Gasteiger partial charge in [0.2, 0.25) is 11.8 Å². The molecule has 3 N–H and O–H groups in total. The number of nitrogens with zero attached hydrogens (tertiary/aromatic N) is 1. The third-order valence-corrected chi connectivity index (χ3v) is 5.33. The highest BCUT2D eigenvalue weighted by atomic mass is 16.3. The van der Waals surface area contributed by atoms with Crippen molar-refractivity contribution in [2.45, 2.75) is 89.8 Å². The molecule has 1 rings (SSSR count). The van der Waals surface area contributed by atoms with Gasteiger partial charge in [0, 0.05) is 13.5 Å². The van der Waals surface area contributed by atoms with E-state index in [0.29, 0.717) is 18.8 Å². The highest BCUT2D eigenvalue weighted by Gasteiger charge is 2.28. The Labute approximate surface area is 152 Å². The monoisotopic (exact) mass is 356 g/mol. The topological polar surface area (TPSA) is 89.9 Å². The van der Waals surface area contributed by atoms with E-state index in [4.69, 9.17) is 0 Å². The number of amides is 2. The normalized spacial score (nSPS) is 30.0. The molecule has 1 aliphatic rings. The number of aliphatic hydroxyl groups is 2. The maximum Gasteiger partial charge on any atom is 0.242 e. The molecule has 0 saturated carbocycles. The van der Waals surface area contributed by atoms with Crippen LogP contribution in [0.5, 0.6) is 0 Å². The fourth-order valence-corrected chi connectivity index (χ4v) is 3.34. The Kier molecular flexibility index (Phi) is 10.0. The van der Waals surface area contributed by atoms with Crippen LogP contribution in [0, 0.1) is 5.92 Å². The lowest BCUT2D eigenvalue weighted by molar-refractivity contribution is -0.139. The molecule has 0 unspecified atom stereocenters. The van der Waals surface area contributed by atoms with Gasteiger partial charge in [-0.15, -0.1) is 0 Å². The van der Waals surface area contributed by atoms with Crippen LogP contribution in [0.4, 0.5) is 0 Å². The number of hydrogen-bond acceptors (Lipinski definition) is 4. The number of nitrogens with one attached hydrogen (secondary N) is 1. The fourth-order valence-electron chi connectivity index (χ4n) is 3.34. The summed E-state index contributed by atoms with van der Waals surface area (Å²) in [4.78, 5) is 26.2. The van der Waals surface area contributed by atoms with Crippen molar-refractivity contribution in [2.24, 2.45) is 5.92 Å². The number of carbonyl (C=O) groups excluding carboxylic acids is 2. The van der Waals surface area contributed by atoms with Gasteiger partial charge in [0.1, 0.15) is 6.04 Å². The van der Waals surface area contributed by atoms with Crippen LogP contribution in [-0.2, 0) is 9.59 Å². The fraction of sp³-hybridized carbons (Fsp3) is 0.895. The predicted octanol–water partition coefficient (Wildman–Crippen LogP) is 1.83. The van der Waals surface area contributed by atoms with Crippen molar-refractivity contribution >= 4 is 11.8 Å². The van der Waals surface area contributed by atoms with Gasteiger partial charge in [0.15, 0.2) is 0 Å². The van der Waals surface area contributed by atoms with E-state index >= 15 is 0 Å². The van der Waals surface area contributed by atoms with Crippen LogP contribution in [0.15, 0.2) is 0 Å². The molecular weight excluding hydrogens is 320 g/mol. The second-order valence-corrected chi connectivity index (χ2v) is 7.55. The minimum absolute atomic E-state index is 0.0256. The second kappa shape index (κ2) is 11.5. The van der Waals surface area contributed by atoms with Crippen molar-refractivity contribution in [1.82, 2.24) is 10.2 Å². The van der Waals surface area contributed by atoms with E-state index in [1.54, 1.807) is 14.0 Å². The molecule has 0 radical (unpaired) electrons. The Hall–Kier alpha value is -1.14. The summed E-state index contributed by atoms with van der Waals surface area (Å²) in [5.41, 5.74) is 0. The van der Waals surface area contributed by atoms with Crippen molar-refractivity contribution in [2.75, 3.05) is 13.7 Å². The first-order chi connectivity index (χ1) is 11.9. The molecule has 6 nitrogen and oxygen atoms in total. The average molecular weight is 357 g/mol. The third-order valence-electron chi connectivity index (χ3n) is 5.33. The largest absolute Gasteiger partial charge is 0.394 e. The van der Waals surface area contributed by atoms with Crippen LogP contribution in [0.1, 0.15) is 71.6 Å². The number of likely N-dealkylation sites (N-methyl/N-ethyl adjacent to an activating group) is 1. The molecule has 0 aromatic rings. The molecule has 0 aromatic carbocycles. The Morgan fingerprint density at radius 3 is 2.36 bits per heavy atom. The zero-order chi connectivity index (χ0) is 18.8. The summed E-state index contributed by atoms with van der Waals surface area (Å²) in [6, 6.07) is -1.09. The average Bonchev–Trinajstić information content (AvgIpc) is 2.60. The molecule has 0 aromatic heterocycles. The van der Waals surface area contributed by atoms with E-state index in [2.05, 4.69) is 12.2 Å². The van der Waals surface area contributed by atoms with Crippen LogP contribution >= 0.6 is 0 Å². The Balaban J connectivity index is 2.81. The van der Waals surface area contributed by atoms with Gasteiger partial charge in [0.25, 0.3) is 0 Å². The molecule has 1 saturated heterocycles. The van der Waals surface area contributed by atoms with E-state index < -0.39 is 18.2 Å². The summed E-state index contributed by atoms with van der Waals surface area (Å²) < 4.78 is 0. The highest BCUT2D eigenvalue weighted by Crippen LogP contribution is 2.19. The van der Waals surface area contributed by atoms with Crippen molar-refractivity contribution in [3.05, 3.63) is 0 Å². The molecule has 0 spiro atoms. The first-order valence-corrected chi connectivity index (χ1v) is 9.71. The van der Waals surface area contributed by atoms with Crippen molar-refractivity contribution in [3.63, 3.8) is 0 Å². The first-order valence-electron chi connectivity index (χ1n) is 9.71. The van der Waals surface area contributed by atoms with Crippen LogP contribution < -0.4 is 5.32 Å². The van der Waals surface area contributed by atoms with Crippen LogP contribution in [-0.4, -0.2) is 58.8 Å². The maximum atomic E-state index is 12.5. The molecule has 146 valence electrons. The van der Waals surface area contributed by atoms with E-state index in [1.165, 1.54) is 17.7 Å². The minimum Gasteiger partial charge on any atom is -0.394 e. The Bertz CT molecular complexity index is 416. The van der Waals surface area contributed by atoms with Crippen molar-refractivity contribution < 1.29 is 19.8 Å². The molecule has 1 fully saturated rings. The number of aliphatic hydroxyl groups excluding tert-OH is 2. The molecule has 4 atom stereocenters. The van der Waals surface area contributed by atoms with Gasteiger partial charge in [0.05, 0.1) is 18.8 Å². The van der Waals surface area contributed by atoms with Gasteiger partial charge in [-0.2, -0.15) is 0 Å². The lowest BCUT2D eigenvalue weighted by Gasteiger charge is -2.30. The third kappa shape index (κ3) is 7.74. The highest BCUT2D eigenvalue weighted by molar-refractivity contribution is 5.87. The van der Waals surface area contributed by atoms with Gasteiger partial charge in [-0.1, -0.05) is 45.4 Å². The molecule has 0 bridgehead atoms. The van der Waals surface area contributed by atoms with Gasteiger partial charge in [-0.05, 0) is 25.7 Å². The Morgan fingerprint density at radius 1 is 1.12 bits per heavy atom. The van der Waals surface area contributed by atoms with Crippen LogP contribution in [0.2, 0.25) is 0 Å². The van der Waals surface area contributed by atoms with Crippen molar-refractivity contribution in [3.8, 4) is 0 Å². The number of carbonyl (C=O) groups is 2. The summed E-state index contributed by atoms with van der Waals surface area (Å²) >= 11 is 0. The lowest BCUT2D eigenvalue weighted by atomic mass is 9.92. The minimum atomic E-state index is -0.988. The Morgan fingerprint density at radius 2 is 1.72 bits per heavy atom. The van der Waals surface area contributed by atoms with E-state index in [-0.39, 0.29) is 18.4 Å². The molecule has 1 heterocycles. The number of hydrogen-bond donors (Lipinski definition) is 3. The lowest BCUT2D eigenvalue weighted by Crippen LogP contribution is -2.53. The summed E-state index contributed by atoms with van der Waals surface area (Å²) in [5, 5.41) is 22.2. The smallest absolute Gasteiger partial charge is 0.242 e. The quantitative estimate of drug-likeness (QED) is 0.704. The predicted molar refractivity (Wildman–Crippen MR) is 98.0 cm³/mol. The first kappa shape index (κ1) is 21.9. The zero-order valence-electron chi connectivity index (χ0n) is 16.0.